The van der Waals surface area contributed by atoms with Gasteiger partial charge in [0.2, 0.25) is 5.88 Å². The number of carbonyl (C=O) groups excluding carboxylic acids is 3. The third-order valence-electron chi connectivity index (χ3n) is 2.75. The topological polar surface area (TPSA) is 81.7 Å². The number of anilines is 1. The molecule has 1 aromatic carbocycles. The van der Waals surface area contributed by atoms with Crippen molar-refractivity contribution in [3.8, 4) is 0 Å². The van der Waals surface area contributed by atoms with Crippen molar-refractivity contribution in [2.75, 3.05) is 18.5 Å². The maximum atomic E-state index is 12.2. The predicted molar refractivity (Wildman–Crippen MR) is 85.7 cm³/mol. The van der Waals surface area contributed by atoms with E-state index >= 15 is 0 Å². The molecule has 0 radical (unpaired) electrons. The fourth-order valence-electron chi connectivity index (χ4n) is 1.75. The molecule has 0 aliphatic carbocycles. The van der Waals surface area contributed by atoms with Gasteiger partial charge in [0.1, 0.15) is 5.57 Å². The second-order valence-corrected chi connectivity index (χ2v) is 4.65. The van der Waals surface area contributed by atoms with Gasteiger partial charge in [0, 0.05) is 5.69 Å². The largest absolute Gasteiger partial charge is 0.478 e. The van der Waals surface area contributed by atoms with Gasteiger partial charge in [-0.2, -0.15) is 0 Å². The molecule has 0 amide bonds. The first-order valence-electron chi connectivity index (χ1n) is 7.42. The summed E-state index contributed by atoms with van der Waals surface area (Å²) in [6.07, 6.45) is 0.679. The number of rotatable bonds is 9. The van der Waals surface area contributed by atoms with Crippen LogP contribution in [0.2, 0.25) is 0 Å². The molecular weight excluding hydrogens is 298 g/mol. The molecule has 1 N–H and O–H groups in total. The minimum absolute atomic E-state index is 0.0383. The van der Waals surface area contributed by atoms with Crippen molar-refractivity contribution in [3.05, 3.63) is 41.8 Å². The Hall–Kier alpha value is -2.63. The third kappa shape index (κ3) is 5.58. The van der Waals surface area contributed by atoms with E-state index in [9.17, 15) is 14.4 Å². The van der Waals surface area contributed by atoms with Crippen LogP contribution in [0.5, 0.6) is 0 Å². The smallest absolute Gasteiger partial charge is 0.380 e. The lowest BCUT2D eigenvalue weighted by molar-refractivity contribution is -0.152. The summed E-state index contributed by atoms with van der Waals surface area (Å²) < 4.78 is 10.2. The van der Waals surface area contributed by atoms with E-state index in [1.165, 1.54) is 6.92 Å². The van der Waals surface area contributed by atoms with E-state index in [-0.39, 0.29) is 18.1 Å². The highest BCUT2D eigenvalue weighted by molar-refractivity contribution is 6.47. The number of ether oxygens (including phenoxy) is 2. The Balaban J connectivity index is 3.22. The van der Waals surface area contributed by atoms with Crippen molar-refractivity contribution in [2.24, 2.45) is 0 Å². The number of nitrogens with one attached hydrogen (secondary N) is 1. The minimum Gasteiger partial charge on any atom is -0.478 e. The van der Waals surface area contributed by atoms with E-state index < -0.39 is 17.5 Å². The molecule has 1 rings (SSSR count). The van der Waals surface area contributed by atoms with E-state index in [0.29, 0.717) is 18.7 Å². The van der Waals surface area contributed by atoms with Gasteiger partial charge in [-0.05, 0) is 32.4 Å². The fraction of sp³-hybridized carbons (Fsp3) is 0.353. The normalized spacial score (nSPS) is 11.3. The zero-order valence-corrected chi connectivity index (χ0v) is 13.5. The van der Waals surface area contributed by atoms with Gasteiger partial charge in [0.05, 0.1) is 13.2 Å². The summed E-state index contributed by atoms with van der Waals surface area (Å²) in [5.41, 5.74) is 0.287. The van der Waals surface area contributed by atoms with E-state index in [2.05, 4.69) is 10.1 Å². The molecule has 0 aliphatic heterocycles. The van der Waals surface area contributed by atoms with Gasteiger partial charge in [-0.1, -0.05) is 25.1 Å². The lowest BCUT2D eigenvalue weighted by Gasteiger charge is -2.15. The Morgan fingerprint density at radius 2 is 1.70 bits per heavy atom. The second-order valence-electron chi connectivity index (χ2n) is 4.65. The summed E-state index contributed by atoms with van der Waals surface area (Å²) >= 11 is 0. The average molecular weight is 319 g/mol. The summed E-state index contributed by atoms with van der Waals surface area (Å²) in [7, 11) is 0. The molecule has 1 aromatic rings. The lowest BCUT2D eigenvalue weighted by Crippen LogP contribution is -2.26. The summed E-state index contributed by atoms with van der Waals surface area (Å²) in [6.45, 7) is 5.02. The number of para-hydroxylation sites is 1. The molecule has 0 saturated carbocycles. The van der Waals surface area contributed by atoms with Crippen LogP contribution in [-0.2, 0) is 23.9 Å². The first-order chi connectivity index (χ1) is 11.0. The molecule has 0 saturated heterocycles. The van der Waals surface area contributed by atoms with Crippen molar-refractivity contribution in [1.82, 2.24) is 0 Å². The van der Waals surface area contributed by atoms with Crippen LogP contribution in [0, 0.1) is 0 Å². The van der Waals surface area contributed by atoms with Crippen LogP contribution in [-0.4, -0.2) is 30.7 Å². The van der Waals surface area contributed by atoms with E-state index in [1.807, 2.05) is 13.0 Å². The monoisotopic (exact) mass is 319 g/mol. The van der Waals surface area contributed by atoms with Gasteiger partial charge in [-0.15, -0.1) is 0 Å². The van der Waals surface area contributed by atoms with Crippen molar-refractivity contribution < 1.29 is 23.9 Å². The van der Waals surface area contributed by atoms with Crippen molar-refractivity contribution >= 4 is 23.2 Å². The molecule has 0 aliphatic rings. The third-order valence-corrected chi connectivity index (χ3v) is 2.75. The molecule has 0 fully saturated rings. The first-order valence-corrected chi connectivity index (χ1v) is 7.42. The molecule has 0 aromatic heterocycles. The van der Waals surface area contributed by atoms with Crippen LogP contribution in [0.1, 0.15) is 27.2 Å². The van der Waals surface area contributed by atoms with Crippen LogP contribution < -0.4 is 5.32 Å². The summed E-state index contributed by atoms with van der Waals surface area (Å²) in [4.78, 5) is 35.8. The maximum Gasteiger partial charge on any atom is 0.380 e. The predicted octanol–water partition coefficient (Wildman–Crippen LogP) is 2.46. The minimum atomic E-state index is -1.08. The number of ketones is 2. The number of hydrogen-bond acceptors (Lipinski definition) is 6. The Morgan fingerprint density at radius 3 is 2.22 bits per heavy atom. The number of carbonyl (C=O) groups is 3. The number of esters is 1. The van der Waals surface area contributed by atoms with Gasteiger partial charge in [0.15, 0.2) is 5.78 Å². The maximum absolute atomic E-state index is 12.2. The highest BCUT2D eigenvalue weighted by atomic mass is 16.5. The molecule has 0 spiro atoms. The van der Waals surface area contributed by atoms with Crippen LogP contribution >= 0.6 is 0 Å². The zero-order valence-electron chi connectivity index (χ0n) is 13.5. The van der Waals surface area contributed by atoms with E-state index in [1.54, 1.807) is 31.2 Å². The molecule has 6 nitrogen and oxygen atoms in total. The van der Waals surface area contributed by atoms with Gasteiger partial charge < -0.3 is 14.8 Å². The Labute approximate surface area is 135 Å². The Bertz CT molecular complexity index is 592. The highest BCUT2D eigenvalue weighted by Gasteiger charge is 2.29. The lowest BCUT2D eigenvalue weighted by atomic mass is 10.1. The zero-order chi connectivity index (χ0) is 17.2. The van der Waals surface area contributed by atoms with Crippen molar-refractivity contribution in [1.29, 1.82) is 0 Å². The quantitative estimate of drug-likeness (QED) is 0.188. The molecule has 0 bridgehead atoms. The SMILES string of the molecule is CCCO/C(Nc1ccccc1)=C(\C(C)=O)C(=O)C(=O)OCC. The van der Waals surface area contributed by atoms with Crippen LogP contribution in [0.25, 0.3) is 0 Å². The molecule has 23 heavy (non-hydrogen) atoms. The number of benzene rings is 1. The molecular formula is C17H21NO5. The molecule has 124 valence electrons. The fourth-order valence-corrected chi connectivity index (χ4v) is 1.75. The van der Waals surface area contributed by atoms with Crippen LogP contribution in [0.15, 0.2) is 41.8 Å². The molecule has 6 heteroatoms. The van der Waals surface area contributed by atoms with Gasteiger partial charge in [-0.25, -0.2) is 4.79 Å². The number of hydrogen-bond donors (Lipinski definition) is 1. The first kappa shape index (κ1) is 18.4. The van der Waals surface area contributed by atoms with Gasteiger partial charge in [-0.3, -0.25) is 9.59 Å². The molecule has 0 heterocycles. The van der Waals surface area contributed by atoms with Gasteiger partial charge in [0.25, 0.3) is 5.78 Å². The standard InChI is InChI=1S/C17H21NO5/c1-4-11-23-16(18-13-9-7-6-8-10-13)14(12(3)19)15(20)17(21)22-5-2/h6-10,18H,4-5,11H2,1-3H3/b16-14+. The van der Waals surface area contributed by atoms with Crippen LogP contribution in [0.3, 0.4) is 0 Å². The molecule has 0 atom stereocenters. The Kier molecular flexibility index (Phi) is 7.53. The van der Waals surface area contributed by atoms with Crippen molar-refractivity contribution in [3.63, 3.8) is 0 Å². The van der Waals surface area contributed by atoms with Gasteiger partial charge >= 0.3 is 5.97 Å². The summed E-state index contributed by atoms with van der Waals surface area (Å²) in [5.74, 6) is -2.71. The number of Topliss-reactive ketones (excluding diaryl/α,β-unsaturated/α-hetero) is 2. The average Bonchev–Trinajstić information content (AvgIpc) is 2.53. The van der Waals surface area contributed by atoms with Crippen LogP contribution in [0.4, 0.5) is 5.69 Å². The molecule has 0 unspecified atom stereocenters. The highest BCUT2D eigenvalue weighted by Crippen LogP contribution is 2.16. The van der Waals surface area contributed by atoms with E-state index in [0.717, 1.165) is 0 Å². The Morgan fingerprint density at radius 1 is 1.04 bits per heavy atom. The summed E-state index contributed by atoms with van der Waals surface area (Å²) in [5, 5.41) is 2.88. The summed E-state index contributed by atoms with van der Waals surface area (Å²) in [6, 6.07) is 8.92. The second kappa shape index (κ2) is 9.40. The van der Waals surface area contributed by atoms with E-state index in [4.69, 9.17) is 4.74 Å². The van der Waals surface area contributed by atoms with Crippen molar-refractivity contribution in [2.45, 2.75) is 27.2 Å².